The fourth-order valence-corrected chi connectivity index (χ4v) is 4.73. The zero-order chi connectivity index (χ0) is 12.5. The van der Waals surface area contributed by atoms with Crippen LogP contribution < -0.4 is 0 Å². The number of carbonyl (C=O) groups excluding carboxylic acids is 1. The molecule has 1 aliphatic heterocycles. The number of sulfonamides is 1. The third-order valence-corrected chi connectivity index (χ3v) is 6.34. The summed E-state index contributed by atoms with van der Waals surface area (Å²) in [7, 11) is -3.44. The standard InChI is InChI=1S/C10H12ClNO3S2/c11-10(13)8-3-1-5-12(7-8)17(14,15)9-4-2-6-16-9/h2,4,6,8H,1,3,5,7H2/t8-/m1/s1. The highest BCUT2D eigenvalue weighted by molar-refractivity contribution is 7.91. The van der Waals surface area contributed by atoms with E-state index in [-0.39, 0.29) is 12.5 Å². The SMILES string of the molecule is O=C(Cl)[C@@H]1CCCN(S(=O)(=O)c2cccs2)C1. The van der Waals surface area contributed by atoms with Gasteiger partial charge >= 0.3 is 0 Å². The van der Waals surface area contributed by atoms with Crippen molar-refractivity contribution in [3.63, 3.8) is 0 Å². The molecule has 2 heterocycles. The summed E-state index contributed by atoms with van der Waals surface area (Å²) < 4.78 is 26.1. The number of rotatable bonds is 3. The average Bonchev–Trinajstić information content (AvgIpc) is 2.83. The van der Waals surface area contributed by atoms with Crippen LogP contribution in [0.25, 0.3) is 0 Å². The van der Waals surface area contributed by atoms with Crippen LogP contribution in [-0.2, 0) is 14.8 Å². The molecule has 0 unspecified atom stereocenters. The van der Waals surface area contributed by atoms with Gasteiger partial charge in [0.1, 0.15) is 4.21 Å². The summed E-state index contributed by atoms with van der Waals surface area (Å²) in [5.41, 5.74) is 0. The highest BCUT2D eigenvalue weighted by Gasteiger charge is 2.33. The number of carbonyl (C=O) groups is 1. The van der Waals surface area contributed by atoms with Gasteiger partial charge in [-0.25, -0.2) is 8.42 Å². The summed E-state index contributed by atoms with van der Waals surface area (Å²) in [6, 6.07) is 3.28. The van der Waals surface area contributed by atoms with E-state index in [1.54, 1.807) is 17.5 Å². The molecule has 1 saturated heterocycles. The van der Waals surface area contributed by atoms with Crippen LogP contribution in [0.1, 0.15) is 12.8 Å². The lowest BCUT2D eigenvalue weighted by molar-refractivity contribution is -0.116. The van der Waals surface area contributed by atoms with Crippen molar-refractivity contribution in [2.75, 3.05) is 13.1 Å². The second kappa shape index (κ2) is 5.06. The molecule has 94 valence electrons. The first-order valence-corrected chi connectivity index (χ1v) is 7.94. The van der Waals surface area contributed by atoms with Crippen LogP contribution in [0, 0.1) is 5.92 Å². The second-order valence-electron chi connectivity index (χ2n) is 3.94. The summed E-state index contributed by atoms with van der Waals surface area (Å²) in [6.45, 7) is 0.656. The van der Waals surface area contributed by atoms with E-state index in [2.05, 4.69) is 0 Å². The number of hydrogen-bond acceptors (Lipinski definition) is 4. The topological polar surface area (TPSA) is 54.5 Å². The van der Waals surface area contributed by atoms with Crippen LogP contribution in [0.3, 0.4) is 0 Å². The Kier molecular flexibility index (Phi) is 3.87. The fourth-order valence-electron chi connectivity index (χ4n) is 1.88. The fraction of sp³-hybridized carbons (Fsp3) is 0.500. The molecule has 1 atom stereocenters. The molecule has 1 fully saturated rings. The first-order valence-electron chi connectivity index (χ1n) is 5.25. The number of halogens is 1. The van der Waals surface area contributed by atoms with E-state index in [0.29, 0.717) is 23.6 Å². The van der Waals surface area contributed by atoms with Crippen molar-refractivity contribution in [2.45, 2.75) is 17.1 Å². The van der Waals surface area contributed by atoms with Crippen LogP contribution in [0.15, 0.2) is 21.7 Å². The number of hydrogen-bond donors (Lipinski definition) is 0. The molecule has 7 heteroatoms. The molecule has 4 nitrogen and oxygen atoms in total. The Bertz CT molecular complexity index is 498. The van der Waals surface area contributed by atoms with Crippen LogP contribution >= 0.6 is 22.9 Å². The van der Waals surface area contributed by atoms with Gasteiger partial charge in [-0.15, -0.1) is 11.3 Å². The molecular weight excluding hydrogens is 282 g/mol. The Morgan fingerprint density at radius 1 is 1.53 bits per heavy atom. The second-order valence-corrected chi connectivity index (χ2v) is 7.42. The van der Waals surface area contributed by atoms with Gasteiger partial charge in [0.25, 0.3) is 10.0 Å². The van der Waals surface area contributed by atoms with Crippen molar-refractivity contribution in [2.24, 2.45) is 5.92 Å². The minimum absolute atomic E-state index is 0.197. The number of nitrogens with zero attached hydrogens (tertiary/aromatic N) is 1. The Morgan fingerprint density at radius 3 is 2.88 bits per heavy atom. The quantitative estimate of drug-likeness (QED) is 0.800. The molecule has 0 bridgehead atoms. The molecule has 2 rings (SSSR count). The lowest BCUT2D eigenvalue weighted by Crippen LogP contribution is -2.41. The summed E-state index contributed by atoms with van der Waals surface area (Å²) >= 11 is 6.62. The minimum atomic E-state index is -3.44. The Morgan fingerprint density at radius 2 is 2.29 bits per heavy atom. The maximum atomic E-state index is 12.2. The van der Waals surface area contributed by atoms with E-state index < -0.39 is 15.3 Å². The van der Waals surface area contributed by atoms with Crippen LogP contribution in [0.4, 0.5) is 0 Å². The Balaban J connectivity index is 2.20. The van der Waals surface area contributed by atoms with Crippen LogP contribution in [-0.4, -0.2) is 31.1 Å². The molecule has 0 aromatic carbocycles. The third-order valence-electron chi connectivity index (χ3n) is 2.79. The van der Waals surface area contributed by atoms with E-state index in [4.69, 9.17) is 11.6 Å². The van der Waals surface area contributed by atoms with Gasteiger partial charge in [0.2, 0.25) is 5.24 Å². The van der Waals surface area contributed by atoms with Crippen LogP contribution in [0.5, 0.6) is 0 Å². The van der Waals surface area contributed by atoms with Crippen molar-refractivity contribution in [1.82, 2.24) is 4.31 Å². The monoisotopic (exact) mass is 293 g/mol. The Hall–Kier alpha value is -0.430. The summed E-state index contributed by atoms with van der Waals surface area (Å²) in [4.78, 5) is 11.1. The molecule has 17 heavy (non-hydrogen) atoms. The molecule has 1 aromatic heterocycles. The lowest BCUT2D eigenvalue weighted by Gasteiger charge is -2.29. The molecule has 1 aliphatic rings. The van der Waals surface area contributed by atoms with Gasteiger partial charge < -0.3 is 0 Å². The van der Waals surface area contributed by atoms with E-state index in [1.807, 2.05) is 0 Å². The number of piperidine rings is 1. The molecule has 0 saturated carbocycles. The predicted octanol–water partition coefficient (Wildman–Crippen LogP) is 1.91. The van der Waals surface area contributed by atoms with Gasteiger partial charge in [0.05, 0.1) is 0 Å². The van der Waals surface area contributed by atoms with E-state index >= 15 is 0 Å². The summed E-state index contributed by atoms with van der Waals surface area (Å²) in [6.07, 6.45) is 1.34. The first-order chi connectivity index (χ1) is 8.01. The Labute approximate surface area is 109 Å². The highest BCUT2D eigenvalue weighted by atomic mass is 35.5. The maximum Gasteiger partial charge on any atom is 0.252 e. The maximum absolute atomic E-state index is 12.2. The molecular formula is C10H12ClNO3S2. The predicted molar refractivity (Wildman–Crippen MR) is 66.7 cm³/mol. The molecule has 0 spiro atoms. The van der Waals surface area contributed by atoms with Gasteiger partial charge in [-0.1, -0.05) is 6.07 Å². The highest BCUT2D eigenvalue weighted by Crippen LogP contribution is 2.27. The van der Waals surface area contributed by atoms with Gasteiger partial charge in [0.15, 0.2) is 0 Å². The third kappa shape index (κ3) is 2.70. The van der Waals surface area contributed by atoms with Crippen molar-refractivity contribution in [1.29, 1.82) is 0 Å². The zero-order valence-corrected chi connectivity index (χ0v) is 11.4. The normalized spacial score (nSPS) is 22.5. The molecule has 0 aliphatic carbocycles. The van der Waals surface area contributed by atoms with Crippen molar-refractivity contribution in [3.05, 3.63) is 17.5 Å². The minimum Gasteiger partial charge on any atom is -0.281 e. The van der Waals surface area contributed by atoms with Crippen LogP contribution in [0.2, 0.25) is 0 Å². The average molecular weight is 294 g/mol. The zero-order valence-electron chi connectivity index (χ0n) is 9.00. The summed E-state index contributed by atoms with van der Waals surface area (Å²) in [5.74, 6) is -0.375. The van der Waals surface area contributed by atoms with Crippen molar-refractivity contribution in [3.8, 4) is 0 Å². The first kappa shape index (κ1) is 13.0. The van der Waals surface area contributed by atoms with Gasteiger partial charge in [-0.2, -0.15) is 4.31 Å². The van der Waals surface area contributed by atoms with Gasteiger partial charge in [-0.05, 0) is 35.9 Å². The van der Waals surface area contributed by atoms with E-state index in [1.165, 1.54) is 15.6 Å². The molecule has 0 radical (unpaired) electrons. The largest absolute Gasteiger partial charge is 0.281 e. The lowest BCUT2D eigenvalue weighted by atomic mass is 10.0. The van der Waals surface area contributed by atoms with Crippen molar-refractivity contribution >= 4 is 38.2 Å². The smallest absolute Gasteiger partial charge is 0.252 e. The summed E-state index contributed by atoms with van der Waals surface area (Å²) in [5, 5.41) is 1.28. The van der Waals surface area contributed by atoms with Gasteiger partial charge in [0, 0.05) is 19.0 Å². The molecule has 0 N–H and O–H groups in total. The van der Waals surface area contributed by atoms with E-state index in [0.717, 1.165) is 0 Å². The van der Waals surface area contributed by atoms with Gasteiger partial charge in [-0.3, -0.25) is 4.79 Å². The molecule has 0 amide bonds. The molecule has 1 aromatic rings. The number of thiophene rings is 1. The van der Waals surface area contributed by atoms with Crippen molar-refractivity contribution < 1.29 is 13.2 Å². The van der Waals surface area contributed by atoms with E-state index in [9.17, 15) is 13.2 Å².